The molecule has 1 heteroatoms. The second kappa shape index (κ2) is 3.21. The van der Waals surface area contributed by atoms with Gasteiger partial charge in [0.2, 0.25) is 0 Å². The third kappa shape index (κ3) is 2.35. The molecule has 1 aliphatic heterocycles. The van der Waals surface area contributed by atoms with Gasteiger partial charge in [0, 0.05) is 12.6 Å². The maximum atomic E-state index is 3.34. The minimum absolute atomic E-state index is 0.872. The first-order chi connectivity index (χ1) is 4.34. The Morgan fingerprint density at radius 3 is 2.78 bits per heavy atom. The standard InChI is InChI=1S/C8H17N/c1-3-4-5-7(2)8-6-9-8/h7-9H,3-6H2,1-2H3. The van der Waals surface area contributed by atoms with Gasteiger partial charge in [0.25, 0.3) is 0 Å². The predicted octanol–water partition coefficient (Wildman–Crippen LogP) is 1.78. The molecule has 1 fully saturated rings. The van der Waals surface area contributed by atoms with Crippen LogP contribution in [-0.2, 0) is 0 Å². The predicted molar refractivity (Wildman–Crippen MR) is 40.5 cm³/mol. The lowest BCUT2D eigenvalue weighted by Crippen LogP contribution is -2.05. The Bertz CT molecular complexity index is 76.6. The second-order valence-electron chi connectivity index (χ2n) is 3.13. The van der Waals surface area contributed by atoms with Crippen molar-refractivity contribution >= 4 is 0 Å². The van der Waals surface area contributed by atoms with Gasteiger partial charge in [-0.05, 0) is 12.3 Å². The van der Waals surface area contributed by atoms with Crippen molar-refractivity contribution in [2.24, 2.45) is 5.92 Å². The van der Waals surface area contributed by atoms with Crippen LogP contribution in [0.2, 0.25) is 0 Å². The van der Waals surface area contributed by atoms with E-state index in [1.807, 2.05) is 0 Å². The number of nitrogens with one attached hydrogen (secondary N) is 1. The summed E-state index contributed by atoms with van der Waals surface area (Å²) in [5, 5.41) is 3.34. The van der Waals surface area contributed by atoms with Crippen LogP contribution in [0, 0.1) is 5.92 Å². The van der Waals surface area contributed by atoms with E-state index in [1.165, 1.54) is 25.8 Å². The van der Waals surface area contributed by atoms with E-state index in [0.29, 0.717) is 0 Å². The summed E-state index contributed by atoms with van der Waals surface area (Å²) in [5.41, 5.74) is 0. The molecule has 0 spiro atoms. The SMILES string of the molecule is CCCCC(C)C1CN1. The molecule has 1 heterocycles. The van der Waals surface area contributed by atoms with Crippen LogP contribution in [0.4, 0.5) is 0 Å². The van der Waals surface area contributed by atoms with E-state index in [2.05, 4.69) is 19.2 Å². The number of unbranched alkanes of at least 4 members (excludes halogenated alkanes) is 1. The van der Waals surface area contributed by atoms with Gasteiger partial charge in [-0.2, -0.15) is 0 Å². The largest absolute Gasteiger partial charge is 0.311 e. The molecule has 1 saturated heterocycles. The molecule has 0 aromatic carbocycles. The maximum absolute atomic E-state index is 3.34. The topological polar surface area (TPSA) is 21.9 Å². The molecular weight excluding hydrogens is 110 g/mol. The minimum atomic E-state index is 0.872. The molecule has 0 aliphatic carbocycles. The molecule has 54 valence electrons. The van der Waals surface area contributed by atoms with Gasteiger partial charge in [-0.15, -0.1) is 0 Å². The fourth-order valence-corrected chi connectivity index (χ4v) is 1.20. The first kappa shape index (κ1) is 7.07. The highest BCUT2D eigenvalue weighted by molar-refractivity contribution is 4.87. The molecule has 0 saturated carbocycles. The maximum Gasteiger partial charge on any atom is 0.0218 e. The lowest BCUT2D eigenvalue weighted by Gasteiger charge is -2.05. The van der Waals surface area contributed by atoms with E-state index < -0.39 is 0 Å². The van der Waals surface area contributed by atoms with Gasteiger partial charge in [-0.3, -0.25) is 0 Å². The summed E-state index contributed by atoms with van der Waals surface area (Å²) in [6, 6.07) is 0.872. The van der Waals surface area contributed by atoms with Gasteiger partial charge in [-0.25, -0.2) is 0 Å². The number of hydrogen-bond donors (Lipinski definition) is 1. The lowest BCUT2D eigenvalue weighted by molar-refractivity contribution is 0.496. The van der Waals surface area contributed by atoms with E-state index in [4.69, 9.17) is 0 Å². The van der Waals surface area contributed by atoms with Crippen LogP contribution in [0.5, 0.6) is 0 Å². The molecule has 0 aromatic heterocycles. The minimum Gasteiger partial charge on any atom is -0.311 e. The molecular formula is C8H17N. The van der Waals surface area contributed by atoms with Gasteiger partial charge in [-0.1, -0.05) is 26.7 Å². The van der Waals surface area contributed by atoms with Gasteiger partial charge in [0.1, 0.15) is 0 Å². The van der Waals surface area contributed by atoms with Crippen molar-refractivity contribution in [3.8, 4) is 0 Å². The molecule has 1 aliphatic rings. The summed E-state index contributed by atoms with van der Waals surface area (Å²) >= 11 is 0. The smallest absolute Gasteiger partial charge is 0.0218 e. The third-order valence-electron chi connectivity index (χ3n) is 2.14. The lowest BCUT2D eigenvalue weighted by atomic mass is 10.0. The number of hydrogen-bond acceptors (Lipinski definition) is 1. The van der Waals surface area contributed by atoms with Crippen LogP contribution in [0.3, 0.4) is 0 Å². The quantitative estimate of drug-likeness (QED) is 0.571. The van der Waals surface area contributed by atoms with Crippen LogP contribution < -0.4 is 5.32 Å². The van der Waals surface area contributed by atoms with Crippen molar-refractivity contribution in [2.75, 3.05) is 6.54 Å². The van der Waals surface area contributed by atoms with Gasteiger partial charge in [0.05, 0.1) is 0 Å². The van der Waals surface area contributed by atoms with Crippen molar-refractivity contribution in [2.45, 2.75) is 39.2 Å². The molecule has 1 N–H and O–H groups in total. The van der Waals surface area contributed by atoms with Gasteiger partial charge >= 0.3 is 0 Å². The highest BCUT2D eigenvalue weighted by atomic mass is 15.1. The normalized spacial score (nSPS) is 28.0. The molecule has 1 nitrogen and oxygen atoms in total. The van der Waals surface area contributed by atoms with Crippen molar-refractivity contribution < 1.29 is 0 Å². The molecule has 1 rings (SSSR count). The molecule has 0 radical (unpaired) electrons. The number of rotatable bonds is 4. The Morgan fingerprint density at radius 2 is 2.33 bits per heavy atom. The molecule has 0 bridgehead atoms. The average Bonchev–Trinajstić information content (AvgIpc) is 2.63. The molecule has 2 unspecified atom stereocenters. The summed E-state index contributed by atoms with van der Waals surface area (Å²) in [5.74, 6) is 0.921. The zero-order chi connectivity index (χ0) is 6.69. The Balaban J connectivity index is 1.96. The van der Waals surface area contributed by atoms with E-state index in [1.54, 1.807) is 0 Å². The summed E-state index contributed by atoms with van der Waals surface area (Å²) in [6.07, 6.45) is 4.16. The second-order valence-corrected chi connectivity index (χ2v) is 3.13. The zero-order valence-corrected chi connectivity index (χ0v) is 6.48. The Hall–Kier alpha value is -0.0400. The Kier molecular flexibility index (Phi) is 2.52. The Labute approximate surface area is 57.8 Å². The van der Waals surface area contributed by atoms with Crippen LogP contribution in [0.15, 0.2) is 0 Å². The van der Waals surface area contributed by atoms with Gasteiger partial charge < -0.3 is 5.32 Å². The van der Waals surface area contributed by atoms with E-state index >= 15 is 0 Å². The van der Waals surface area contributed by atoms with E-state index in [0.717, 1.165) is 12.0 Å². The van der Waals surface area contributed by atoms with Crippen molar-refractivity contribution in [1.29, 1.82) is 0 Å². The van der Waals surface area contributed by atoms with Crippen molar-refractivity contribution in [3.63, 3.8) is 0 Å². The summed E-state index contributed by atoms with van der Waals surface area (Å²) < 4.78 is 0. The van der Waals surface area contributed by atoms with E-state index in [9.17, 15) is 0 Å². The summed E-state index contributed by atoms with van der Waals surface area (Å²) in [7, 11) is 0. The molecule has 9 heavy (non-hydrogen) atoms. The van der Waals surface area contributed by atoms with Crippen LogP contribution in [-0.4, -0.2) is 12.6 Å². The Morgan fingerprint density at radius 1 is 1.67 bits per heavy atom. The van der Waals surface area contributed by atoms with E-state index in [-0.39, 0.29) is 0 Å². The third-order valence-corrected chi connectivity index (χ3v) is 2.14. The van der Waals surface area contributed by atoms with Crippen LogP contribution >= 0.6 is 0 Å². The first-order valence-electron chi connectivity index (χ1n) is 4.08. The highest BCUT2D eigenvalue weighted by Crippen LogP contribution is 2.17. The fraction of sp³-hybridized carbons (Fsp3) is 1.00. The van der Waals surface area contributed by atoms with Gasteiger partial charge in [0.15, 0.2) is 0 Å². The van der Waals surface area contributed by atoms with Crippen molar-refractivity contribution in [3.05, 3.63) is 0 Å². The summed E-state index contributed by atoms with van der Waals surface area (Å²) in [4.78, 5) is 0. The molecule has 0 amide bonds. The zero-order valence-electron chi connectivity index (χ0n) is 6.48. The molecule has 2 atom stereocenters. The average molecular weight is 127 g/mol. The fourth-order valence-electron chi connectivity index (χ4n) is 1.20. The monoisotopic (exact) mass is 127 g/mol. The molecule has 0 aromatic rings. The van der Waals surface area contributed by atoms with Crippen LogP contribution in [0.25, 0.3) is 0 Å². The summed E-state index contributed by atoms with van der Waals surface area (Å²) in [6.45, 7) is 5.87. The van der Waals surface area contributed by atoms with Crippen molar-refractivity contribution in [1.82, 2.24) is 5.32 Å². The first-order valence-corrected chi connectivity index (χ1v) is 4.08. The van der Waals surface area contributed by atoms with Crippen LogP contribution in [0.1, 0.15) is 33.1 Å². The highest BCUT2D eigenvalue weighted by Gasteiger charge is 2.25.